The standard InChI is InChI=1S/C16H32O/c1-3-5-7-8-9-10-11-13-15-16(17)14-12-6-4-2/h11,13,16-17H,3-10,12,14-15H2,1-2H3/b13-11+. The fourth-order valence-electron chi connectivity index (χ4n) is 1.98. The molecule has 1 atom stereocenters. The van der Waals surface area contributed by atoms with Crippen LogP contribution in [0, 0.1) is 0 Å². The van der Waals surface area contributed by atoms with Crippen molar-refractivity contribution >= 4 is 0 Å². The SMILES string of the molecule is CCCCCCC/C=C/CC(O)CCCCC. The van der Waals surface area contributed by atoms with E-state index in [1.807, 2.05) is 0 Å². The Balaban J connectivity index is 3.22. The summed E-state index contributed by atoms with van der Waals surface area (Å²) in [7, 11) is 0. The number of allylic oxidation sites excluding steroid dienone is 1. The number of aliphatic hydroxyl groups is 1. The number of aliphatic hydroxyl groups excluding tert-OH is 1. The Morgan fingerprint density at radius 1 is 0.824 bits per heavy atom. The van der Waals surface area contributed by atoms with Crippen LogP contribution < -0.4 is 0 Å². The molecule has 1 N–H and O–H groups in total. The van der Waals surface area contributed by atoms with E-state index in [-0.39, 0.29) is 6.10 Å². The van der Waals surface area contributed by atoms with Crippen molar-refractivity contribution in [1.82, 2.24) is 0 Å². The van der Waals surface area contributed by atoms with Gasteiger partial charge < -0.3 is 5.11 Å². The highest BCUT2D eigenvalue weighted by atomic mass is 16.3. The topological polar surface area (TPSA) is 20.2 Å². The van der Waals surface area contributed by atoms with Crippen molar-refractivity contribution in [3.63, 3.8) is 0 Å². The molecular formula is C16H32O. The molecule has 0 saturated carbocycles. The van der Waals surface area contributed by atoms with Crippen LogP contribution in [0.3, 0.4) is 0 Å². The third kappa shape index (κ3) is 13.6. The van der Waals surface area contributed by atoms with Gasteiger partial charge in [0.2, 0.25) is 0 Å². The van der Waals surface area contributed by atoms with Crippen molar-refractivity contribution in [1.29, 1.82) is 0 Å². The van der Waals surface area contributed by atoms with Gasteiger partial charge in [-0.1, -0.05) is 70.9 Å². The van der Waals surface area contributed by atoms with Crippen LogP contribution in [0.4, 0.5) is 0 Å². The Hall–Kier alpha value is -0.300. The van der Waals surface area contributed by atoms with Crippen molar-refractivity contribution in [3.8, 4) is 0 Å². The Bertz CT molecular complexity index is 163. The molecule has 0 aliphatic heterocycles. The van der Waals surface area contributed by atoms with Gasteiger partial charge in [0.15, 0.2) is 0 Å². The first kappa shape index (κ1) is 16.7. The van der Waals surface area contributed by atoms with Crippen LogP contribution in [-0.4, -0.2) is 11.2 Å². The molecule has 0 aromatic rings. The van der Waals surface area contributed by atoms with E-state index in [1.165, 1.54) is 57.8 Å². The molecule has 0 amide bonds. The third-order valence-corrected chi connectivity index (χ3v) is 3.19. The molecule has 0 rings (SSSR count). The van der Waals surface area contributed by atoms with Crippen molar-refractivity contribution in [2.75, 3.05) is 0 Å². The summed E-state index contributed by atoms with van der Waals surface area (Å²) in [6.45, 7) is 4.45. The van der Waals surface area contributed by atoms with E-state index < -0.39 is 0 Å². The predicted octanol–water partition coefficient (Wildman–Crippen LogP) is 5.23. The molecule has 0 spiro atoms. The third-order valence-electron chi connectivity index (χ3n) is 3.19. The zero-order valence-electron chi connectivity index (χ0n) is 12.0. The second-order valence-corrected chi connectivity index (χ2v) is 5.06. The second-order valence-electron chi connectivity index (χ2n) is 5.06. The van der Waals surface area contributed by atoms with E-state index in [0.717, 1.165) is 12.8 Å². The minimum Gasteiger partial charge on any atom is -0.393 e. The van der Waals surface area contributed by atoms with E-state index in [9.17, 15) is 5.11 Å². The molecule has 17 heavy (non-hydrogen) atoms. The van der Waals surface area contributed by atoms with Gasteiger partial charge in [0.1, 0.15) is 0 Å². The van der Waals surface area contributed by atoms with Crippen LogP contribution in [0.25, 0.3) is 0 Å². The number of hydrogen-bond donors (Lipinski definition) is 1. The predicted molar refractivity (Wildman–Crippen MR) is 77.3 cm³/mol. The van der Waals surface area contributed by atoms with Gasteiger partial charge in [0, 0.05) is 0 Å². The Labute approximate surface area is 108 Å². The van der Waals surface area contributed by atoms with Gasteiger partial charge in [-0.2, -0.15) is 0 Å². The molecule has 0 aromatic heterocycles. The first-order valence-corrected chi connectivity index (χ1v) is 7.64. The summed E-state index contributed by atoms with van der Waals surface area (Å²) in [5, 5.41) is 9.70. The number of unbranched alkanes of at least 4 members (excludes halogenated alkanes) is 7. The first-order valence-electron chi connectivity index (χ1n) is 7.64. The van der Waals surface area contributed by atoms with Crippen molar-refractivity contribution in [2.24, 2.45) is 0 Å². The Kier molecular flexibility index (Phi) is 13.5. The molecule has 1 unspecified atom stereocenters. The van der Waals surface area contributed by atoms with E-state index in [0.29, 0.717) is 0 Å². The fourth-order valence-corrected chi connectivity index (χ4v) is 1.98. The second kappa shape index (κ2) is 13.8. The molecule has 102 valence electrons. The zero-order chi connectivity index (χ0) is 12.8. The highest BCUT2D eigenvalue weighted by molar-refractivity contribution is 4.83. The van der Waals surface area contributed by atoms with Crippen molar-refractivity contribution in [2.45, 2.75) is 90.6 Å². The van der Waals surface area contributed by atoms with Crippen LogP contribution in [0.5, 0.6) is 0 Å². The summed E-state index contributed by atoms with van der Waals surface area (Å²) < 4.78 is 0. The monoisotopic (exact) mass is 240 g/mol. The summed E-state index contributed by atoms with van der Waals surface area (Å²) in [4.78, 5) is 0. The lowest BCUT2D eigenvalue weighted by molar-refractivity contribution is 0.164. The molecule has 0 aromatic carbocycles. The number of hydrogen-bond acceptors (Lipinski definition) is 1. The van der Waals surface area contributed by atoms with Crippen molar-refractivity contribution in [3.05, 3.63) is 12.2 Å². The summed E-state index contributed by atoms with van der Waals surface area (Å²) in [6.07, 6.45) is 17.7. The first-order chi connectivity index (χ1) is 8.31. The van der Waals surface area contributed by atoms with E-state index in [4.69, 9.17) is 0 Å². The smallest absolute Gasteiger partial charge is 0.0574 e. The normalized spacial score (nSPS) is 13.4. The lowest BCUT2D eigenvalue weighted by atomic mass is 10.1. The van der Waals surface area contributed by atoms with Crippen LogP contribution in [0.15, 0.2) is 12.2 Å². The van der Waals surface area contributed by atoms with Crippen molar-refractivity contribution < 1.29 is 5.11 Å². The summed E-state index contributed by atoms with van der Waals surface area (Å²) >= 11 is 0. The van der Waals surface area contributed by atoms with Gasteiger partial charge in [-0.25, -0.2) is 0 Å². The van der Waals surface area contributed by atoms with Gasteiger partial charge >= 0.3 is 0 Å². The Morgan fingerprint density at radius 2 is 1.47 bits per heavy atom. The maximum absolute atomic E-state index is 9.70. The Morgan fingerprint density at radius 3 is 2.18 bits per heavy atom. The molecule has 0 radical (unpaired) electrons. The van der Waals surface area contributed by atoms with Crippen LogP contribution in [0.1, 0.15) is 84.5 Å². The zero-order valence-corrected chi connectivity index (χ0v) is 12.0. The molecule has 0 saturated heterocycles. The molecular weight excluding hydrogens is 208 g/mol. The van der Waals surface area contributed by atoms with E-state index >= 15 is 0 Å². The maximum atomic E-state index is 9.70. The highest BCUT2D eigenvalue weighted by Crippen LogP contribution is 2.08. The lowest BCUT2D eigenvalue weighted by Gasteiger charge is -2.06. The molecule has 1 heteroatoms. The van der Waals surface area contributed by atoms with Crippen LogP contribution >= 0.6 is 0 Å². The minimum atomic E-state index is -0.113. The van der Waals surface area contributed by atoms with Gasteiger partial charge in [0.25, 0.3) is 0 Å². The largest absolute Gasteiger partial charge is 0.393 e. The van der Waals surface area contributed by atoms with E-state index in [1.54, 1.807) is 0 Å². The molecule has 0 fully saturated rings. The quantitative estimate of drug-likeness (QED) is 0.365. The molecule has 0 bridgehead atoms. The van der Waals surface area contributed by atoms with E-state index in [2.05, 4.69) is 26.0 Å². The van der Waals surface area contributed by atoms with Gasteiger partial charge in [0.05, 0.1) is 6.10 Å². The maximum Gasteiger partial charge on any atom is 0.0574 e. The average Bonchev–Trinajstić information content (AvgIpc) is 2.33. The van der Waals surface area contributed by atoms with Gasteiger partial charge in [-0.3, -0.25) is 0 Å². The van der Waals surface area contributed by atoms with Crippen LogP contribution in [-0.2, 0) is 0 Å². The highest BCUT2D eigenvalue weighted by Gasteiger charge is 1.99. The molecule has 0 aliphatic rings. The summed E-state index contributed by atoms with van der Waals surface area (Å²) in [5.74, 6) is 0. The minimum absolute atomic E-state index is 0.113. The average molecular weight is 240 g/mol. The molecule has 1 nitrogen and oxygen atoms in total. The lowest BCUT2D eigenvalue weighted by Crippen LogP contribution is -2.04. The van der Waals surface area contributed by atoms with Gasteiger partial charge in [-0.05, 0) is 25.7 Å². The molecule has 0 heterocycles. The fraction of sp³-hybridized carbons (Fsp3) is 0.875. The number of rotatable bonds is 12. The summed E-state index contributed by atoms with van der Waals surface area (Å²) in [6, 6.07) is 0. The molecule has 0 aliphatic carbocycles. The van der Waals surface area contributed by atoms with Crippen LogP contribution in [0.2, 0.25) is 0 Å². The van der Waals surface area contributed by atoms with Gasteiger partial charge in [-0.15, -0.1) is 0 Å². The summed E-state index contributed by atoms with van der Waals surface area (Å²) in [5.41, 5.74) is 0.